The highest BCUT2D eigenvalue weighted by Crippen LogP contribution is 2.26. The molecule has 84 valence electrons. The van der Waals surface area contributed by atoms with E-state index in [1.165, 1.54) is 18.7 Å². The summed E-state index contributed by atoms with van der Waals surface area (Å²) in [5.74, 6) is 1.21. The van der Waals surface area contributed by atoms with Gasteiger partial charge in [0.1, 0.15) is 10.4 Å². The smallest absolute Gasteiger partial charge is 0.130 e. The lowest BCUT2D eigenvalue weighted by Gasteiger charge is -2.26. The zero-order chi connectivity index (χ0) is 10.8. The van der Waals surface area contributed by atoms with Crippen molar-refractivity contribution in [3.05, 3.63) is 10.7 Å². The number of hydrogen-bond donors (Lipinski definition) is 1. The summed E-state index contributed by atoms with van der Waals surface area (Å²) in [4.78, 5) is 2.44. The molecule has 2 heterocycles. The molecule has 0 aliphatic carbocycles. The average molecular weight is 273 g/mol. The summed E-state index contributed by atoms with van der Waals surface area (Å²) in [5.41, 5.74) is 0. The van der Waals surface area contributed by atoms with Gasteiger partial charge < -0.3 is 10.2 Å². The van der Waals surface area contributed by atoms with E-state index in [-0.39, 0.29) is 0 Å². The molecule has 5 heteroatoms. The maximum atomic E-state index is 4.32. The molecule has 1 aliphatic rings. The second kappa shape index (κ2) is 4.53. The number of aromatic nitrogens is 2. The SMILES string of the molecule is CNCC1CCCN1c1cc(Br)nn1C. The van der Waals surface area contributed by atoms with Crippen molar-refractivity contribution < 1.29 is 0 Å². The molecular formula is C10H17BrN4. The fraction of sp³-hybridized carbons (Fsp3) is 0.700. The Balaban J connectivity index is 2.18. The summed E-state index contributed by atoms with van der Waals surface area (Å²) < 4.78 is 2.85. The number of nitrogens with one attached hydrogen (secondary N) is 1. The van der Waals surface area contributed by atoms with E-state index >= 15 is 0 Å². The van der Waals surface area contributed by atoms with Crippen molar-refractivity contribution in [3.8, 4) is 0 Å². The van der Waals surface area contributed by atoms with E-state index in [0.29, 0.717) is 6.04 Å². The highest BCUT2D eigenvalue weighted by Gasteiger charge is 2.26. The fourth-order valence-corrected chi connectivity index (χ4v) is 2.72. The van der Waals surface area contributed by atoms with Gasteiger partial charge in [0.25, 0.3) is 0 Å². The highest BCUT2D eigenvalue weighted by molar-refractivity contribution is 9.10. The fourth-order valence-electron chi connectivity index (χ4n) is 2.28. The summed E-state index contributed by atoms with van der Waals surface area (Å²) in [6.45, 7) is 2.18. The lowest BCUT2D eigenvalue weighted by molar-refractivity contribution is 0.598. The van der Waals surface area contributed by atoms with Crippen molar-refractivity contribution in [3.63, 3.8) is 0 Å². The molecule has 1 aliphatic heterocycles. The van der Waals surface area contributed by atoms with E-state index < -0.39 is 0 Å². The number of rotatable bonds is 3. The van der Waals surface area contributed by atoms with Gasteiger partial charge in [-0.05, 0) is 35.8 Å². The molecule has 1 aromatic heterocycles. The number of hydrogen-bond acceptors (Lipinski definition) is 3. The number of likely N-dealkylation sites (N-methyl/N-ethyl adjacent to an activating group) is 1. The first-order valence-electron chi connectivity index (χ1n) is 5.33. The van der Waals surface area contributed by atoms with Crippen molar-refractivity contribution in [1.29, 1.82) is 0 Å². The quantitative estimate of drug-likeness (QED) is 0.903. The zero-order valence-electron chi connectivity index (χ0n) is 9.20. The first-order chi connectivity index (χ1) is 7.22. The summed E-state index contributed by atoms with van der Waals surface area (Å²) in [5, 5.41) is 7.57. The molecule has 0 aromatic carbocycles. The highest BCUT2D eigenvalue weighted by atomic mass is 79.9. The van der Waals surface area contributed by atoms with E-state index in [1.807, 2.05) is 18.8 Å². The third-order valence-corrected chi connectivity index (χ3v) is 3.32. The molecular weight excluding hydrogens is 256 g/mol. The van der Waals surface area contributed by atoms with Gasteiger partial charge in [-0.1, -0.05) is 0 Å². The van der Waals surface area contributed by atoms with Crippen LogP contribution in [0.1, 0.15) is 12.8 Å². The Morgan fingerprint density at radius 1 is 1.67 bits per heavy atom. The molecule has 15 heavy (non-hydrogen) atoms. The predicted molar refractivity (Wildman–Crippen MR) is 65.2 cm³/mol. The van der Waals surface area contributed by atoms with Crippen molar-refractivity contribution in [2.75, 3.05) is 25.0 Å². The van der Waals surface area contributed by atoms with Crippen LogP contribution in [0.3, 0.4) is 0 Å². The van der Waals surface area contributed by atoms with Crippen LogP contribution in [0.5, 0.6) is 0 Å². The van der Waals surface area contributed by atoms with Gasteiger partial charge in [-0.2, -0.15) is 5.10 Å². The molecule has 0 radical (unpaired) electrons. The molecule has 1 aromatic rings. The number of nitrogens with zero attached hydrogens (tertiary/aromatic N) is 3. The van der Waals surface area contributed by atoms with Crippen LogP contribution in [0.15, 0.2) is 10.7 Å². The third kappa shape index (κ3) is 2.18. The molecule has 1 N–H and O–H groups in total. The first kappa shape index (κ1) is 11.0. The first-order valence-corrected chi connectivity index (χ1v) is 6.12. The number of anilines is 1. The van der Waals surface area contributed by atoms with Crippen LogP contribution < -0.4 is 10.2 Å². The summed E-state index contributed by atoms with van der Waals surface area (Å²) >= 11 is 3.41. The van der Waals surface area contributed by atoms with Crippen molar-refractivity contribution >= 4 is 21.7 Å². The third-order valence-electron chi connectivity index (χ3n) is 2.94. The predicted octanol–water partition coefficient (Wildman–Crippen LogP) is 1.37. The van der Waals surface area contributed by atoms with Crippen LogP contribution in [-0.2, 0) is 7.05 Å². The van der Waals surface area contributed by atoms with Gasteiger partial charge in [0, 0.05) is 32.2 Å². The van der Waals surface area contributed by atoms with Crippen molar-refractivity contribution in [2.45, 2.75) is 18.9 Å². The summed E-state index contributed by atoms with van der Waals surface area (Å²) in [6, 6.07) is 2.70. The second-order valence-electron chi connectivity index (χ2n) is 4.00. The molecule has 0 saturated carbocycles. The summed E-state index contributed by atoms with van der Waals surface area (Å²) in [7, 11) is 4.00. The van der Waals surface area contributed by atoms with Gasteiger partial charge in [-0.3, -0.25) is 4.68 Å². The van der Waals surface area contributed by atoms with Crippen LogP contribution in [-0.4, -0.2) is 36.0 Å². The monoisotopic (exact) mass is 272 g/mol. The Bertz CT molecular complexity index is 336. The molecule has 1 saturated heterocycles. The number of halogens is 1. The van der Waals surface area contributed by atoms with Crippen LogP contribution in [0.25, 0.3) is 0 Å². The van der Waals surface area contributed by atoms with Gasteiger partial charge >= 0.3 is 0 Å². The molecule has 1 atom stereocenters. The van der Waals surface area contributed by atoms with Gasteiger partial charge in [-0.25, -0.2) is 0 Å². The number of aryl methyl sites for hydroxylation is 1. The molecule has 1 fully saturated rings. The topological polar surface area (TPSA) is 33.1 Å². The minimum absolute atomic E-state index is 0.609. The largest absolute Gasteiger partial charge is 0.353 e. The van der Waals surface area contributed by atoms with Gasteiger partial charge in [0.15, 0.2) is 0 Å². The van der Waals surface area contributed by atoms with E-state index in [2.05, 4.69) is 37.3 Å². The minimum atomic E-state index is 0.609. The normalized spacial score (nSPS) is 21.3. The van der Waals surface area contributed by atoms with Gasteiger partial charge in [-0.15, -0.1) is 0 Å². The van der Waals surface area contributed by atoms with Crippen LogP contribution >= 0.6 is 15.9 Å². The molecule has 1 unspecified atom stereocenters. The second-order valence-corrected chi connectivity index (χ2v) is 4.81. The molecule has 2 rings (SSSR count). The Labute approximate surface area is 98.8 Å². The van der Waals surface area contributed by atoms with E-state index in [4.69, 9.17) is 0 Å². The maximum absolute atomic E-state index is 4.32. The average Bonchev–Trinajstić information content (AvgIpc) is 2.73. The molecule has 4 nitrogen and oxygen atoms in total. The van der Waals surface area contributed by atoms with E-state index in [9.17, 15) is 0 Å². The zero-order valence-corrected chi connectivity index (χ0v) is 10.8. The van der Waals surface area contributed by atoms with Crippen LogP contribution in [0.2, 0.25) is 0 Å². The van der Waals surface area contributed by atoms with Gasteiger partial charge in [0.05, 0.1) is 0 Å². The minimum Gasteiger partial charge on any atom is -0.353 e. The van der Waals surface area contributed by atoms with E-state index in [0.717, 1.165) is 17.7 Å². The lowest BCUT2D eigenvalue weighted by atomic mass is 10.2. The summed E-state index contributed by atoms with van der Waals surface area (Å²) in [6.07, 6.45) is 2.54. The van der Waals surface area contributed by atoms with Crippen molar-refractivity contribution in [2.24, 2.45) is 7.05 Å². The molecule has 0 spiro atoms. The molecule has 0 bridgehead atoms. The lowest BCUT2D eigenvalue weighted by Crippen LogP contribution is -2.37. The Kier molecular flexibility index (Phi) is 3.31. The van der Waals surface area contributed by atoms with Crippen LogP contribution in [0.4, 0.5) is 5.82 Å². The Morgan fingerprint density at radius 3 is 3.07 bits per heavy atom. The maximum Gasteiger partial charge on any atom is 0.130 e. The standard InChI is InChI=1S/C10H17BrN4/c1-12-7-8-4-3-5-15(8)10-6-9(11)13-14(10)2/h6,8,12H,3-5,7H2,1-2H3. The molecule has 0 amide bonds. The van der Waals surface area contributed by atoms with Crippen LogP contribution in [0, 0.1) is 0 Å². The Morgan fingerprint density at radius 2 is 2.47 bits per heavy atom. The Hall–Kier alpha value is -0.550. The van der Waals surface area contributed by atoms with Gasteiger partial charge in [0.2, 0.25) is 0 Å². The van der Waals surface area contributed by atoms with Crippen molar-refractivity contribution in [1.82, 2.24) is 15.1 Å². The van der Waals surface area contributed by atoms with E-state index in [1.54, 1.807) is 0 Å².